The minimum atomic E-state index is -0.923. The van der Waals surface area contributed by atoms with Crippen LogP contribution in [0.15, 0.2) is 34.8 Å². The van der Waals surface area contributed by atoms with E-state index in [-0.39, 0.29) is 11.6 Å². The van der Waals surface area contributed by atoms with Crippen molar-refractivity contribution < 1.29 is 13.9 Å². The van der Waals surface area contributed by atoms with Gasteiger partial charge in [0.25, 0.3) is 0 Å². The first-order chi connectivity index (χ1) is 8.90. The van der Waals surface area contributed by atoms with Gasteiger partial charge < -0.3 is 5.11 Å². The fraction of sp³-hybridized carbons (Fsp3) is 0.200. The monoisotopic (exact) mass is 326 g/mol. The van der Waals surface area contributed by atoms with Gasteiger partial charge in [-0.05, 0) is 48.2 Å². The summed E-state index contributed by atoms with van der Waals surface area (Å²) in [5.41, 5.74) is 2.09. The number of aliphatic hydroxyl groups excluding tert-OH is 1. The van der Waals surface area contributed by atoms with Crippen LogP contribution in [0.4, 0.5) is 8.78 Å². The van der Waals surface area contributed by atoms with Crippen LogP contribution in [0.2, 0.25) is 0 Å². The van der Waals surface area contributed by atoms with Gasteiger partial charge in [0.1, 0.15) is 17.7 Å². The second kappa shape index (κ2) is 5.39. The third-order valence-corrected chi connectivity index (χ3v) is 3.72. The van der Waals surface area contributed by atoms with Crippen LogP contribution in [0.1, 0.15) is 28.4 Å². The Hall–Kier alpha value is -1.26. The number of benzene rings is 2. The summed E-state index contributed by atoms with van der Waals surface area (Å²) in [5, 5.41) is 10.3. The van der Waals surface area contributed by atoms with E-state index in [0.717, 1.165) is 0 Å². The van der Waals surface area contributed by atoms with Gasteiger partial charge in [-0.2, -0.15) is 0 Å². The molecule has 2 aromatic rings. The van der Waals surface area contributed by atoms with Gasteiger partial charge in [0.15, 0.2) is 0 Å². The maximum absolute atomic E-state index is 13.6. The second-order valence-corrected chi connectivity index (χ2v) is 5.39. The smallest absolute Gasteiger partial charge is 0.129 e. The third kappa shape index (κ3) is 2.85. The van der Waals surface area contributed by atoms with E-state index < -0.39 is 6.10 Å². The van der Waals surface area contributed by atoms with Crippen LogP contribution in [0, 0.1) is 25.5 Å². The largest absolute Gasteiger partial charge is 0.384 e. The van der Waals surface area contributed by atoms with Gasteiger partial charge in [0, 0.05) is 4.47 Å². The number of halogens is 3. The Kier molecular flexibility index (Phi) is 4.02. The molecule has 19 heavy (non-hydrogen) atoms. The molecule has 1 unspecified atom stereocenters. The lowest BCUT2D eigenvalue weighted by Gasteiger charge is -2.15. The van der Waals surface area contributed by atoms with Gasteiger partial charge in [0.05, 0.1) is 0 Å². The second-order valence-electron chi connectivity index (χ2n) is 4.54. The molecule has 1 N–H and O–H groups in total. The van der Waals surface area contributed by atoms with Gasteiger partial charge in [-0.25, -0.2) is 8.78 Å². The molecule has 2 aromatic carbocycles. The van der Waals surface area contributed by atoms with Crippen LogP contribution in [0.3, 0.4) is 0 Å². The Bertz CT molecular complexity index is 603. The maximum atomic E-state index is 13.6. The van der Waals surface area contributed by atoms with E-state index in [9.17, 15) is 13.9 Å². The average molecular weight is 327 g/mol. The van der Waals surface area contributed by atoms with Crippen LogP contribution >= 0.6 is 15.9 Å². The molecular weight excluding hydrogens is 314 g/mol. The predicted octanol–water partition coefficient (Wildman–Crippen LogP) is 4.43. The van der Waals surface area contributed by atoms with E-state index in [1.165, 1.54) is 18.2 Å². The molecule has 0 amide bonds. The van der Waals surface area contributed by atoms with Crippen molar-refractivity contribution >= 4 is 15.9 Å². The summed E-state index contributed by atoms with van der Waals surface area (Å²) >= 11 is 3.22. The van der Waals surface area contributed by atoms with Crippen LogP contribution in [0.5, 0.6) is 0 Å². The van der Waals surface area contributed by atoms with Crippen LogP contribution < -0.4 is 0 Å². The number of hydrogen-bond donors (Lipinski definition) is 1. The lowest BCUT2D eigenvalue weighted by Crippen LogP contribution is -2.03. The zero-order valence-electron chi connectivity index (χ0n) is 10.5. The molecule has 100 valence electrons. The molecule has 0 aromatic heterocycles. The third-order valence-electron chi connectivity index (χ3n) is 3.03. The van der Waals surface area contributed by atoms with Gasteiger partial charge in [-0.15, -0.1) is 0 Å². The van der Waals surface area contributed by atoms with Crippen molar-refractivity contribution in [3.63, 3.8) is 0 Å². The lowest BCUT2D eigenvalue weighted by molar-refractivity contribution is 0.219. The van der Waals surface area contributed by atoms with Gasteiger partial charge in [-0.3, -0.25) is 0 Å². The molecule has 0 saturated carbocycles. The highest BCUT2D eigenvalue weighted by Crippen LogP contribution is 2.30. The Labute approximate surface area is 119 Å². The molecule has 0 bridgehead atoms. The maximum Gasteiger partial charge on any atom is 0.129 e. The standard InChI is InChI=1S/C15H13BrF2O/c1-8-5-10(6-9(2)14(8)18)15(19)12-4-3-11(17)7-13(12)16/h3-7,15,19H,1-2H3. The molecule has 0 heterocycles. The van der Waals surface area contributed by atoms with Crippen molar-refractivity contribution in [1.82, 2.24) is 0 Å². The predicted molar refractivity (Wildman–Crippen MR) is 74.0 cm³/mol. The fourth-order valence-electron chi connectivity index (χ4n) is 2.04. The summed E-state index contributed by atoms with van der Waals surface area (Å²) in [6, 6.07) is 7.29. The Balaban J connectivity index is 2.47. The summed E-state index contributed by atoms with van der Waals surface area (Å²) in [5.74, 6) is -0.650. The first-order valence-electron chi connectivity index (χ1n) is 5.80. The minimum absolute atomic E-state index is 0.269. The molecule has 1 atom stereocenters. The topological polar surface area (TPSA) is 20.2 Å². The van der Waals surface area contributed by atoms with Gasteiger partial charge >= 0.3 is 0 Å². The van der Waals surface area contributed by atoms with E-state index in [2.05, 4.69) is 15.9 Å². The highest BCUT2D eigenvalue weighted by Gasteiger charge is 2.16. The van der Waals surface area contributed by atoms with E-state index >= 15 is 0 Å². The molecule has 0 spiro atoms. The summed E-state index contributed by atoms with van der Waals surface area (Å²) in [6.45, 7) is 3.30. The molecule has 0 radical (unpaired) electrons. The van der Waals surface area contributed by atoms with Gasteiger partial charge in [-0.1, -0.05) is 34.1 Å². The van der Waals surface area contributed by atoms with Crippen molar-refractivity contribution in [2.45, 2.75) is 20.0 Å². The number of aliphatic hydroxyl groups is 1. The highest BCUT2D eigenvalue weighted by atomic mass is 79.9. The molecular formula is C15H13BrF2O. The van der Waals surface area contributed by atoms with Crippen molar-refractivity contribution in [2.24, 2.45) is 0 Å². The SMILES string of the molecule is Cc1cc(C(O)c2ccc(F)cc2Br)cc(C)c1F. The van der Waals surface area contributed by atoms with Crippen molar-refractivity contribution in [3.8, 4) is 0 Å². The summed E-state index contributed by atoms with van der Waals surface area (Å²) in [4.78, 5) is 0. The Morgan fingerprint density at radius 3 is 2.16 bits per heavy atom. The van der Waals surface area contributed by atoms with Crippen molar-refractivity contribution in [1.29, 1.82) is 0 Å². The molecule has 2 rings (SSSR count). The Morgan fingerprint density at radius 2 is 1.63 bits per heavy atom. The van der Waals surface area contributed by atoms with Gasteiger partial charge in [0.2, 0.25) is 0 Å². The lowest BCUT2D eigenvalue weighted by atomic mass is 9.97. The molecule has 0 aliphatic rings. The normalized spacial score (nSPS) is 12.5. The fourth-order valence-corrected chi connectivity index (χ4v) is 2.61. The summed E-state index contributed by atoms with van der Waals surface area (Å²) in [6.07, 6.45) is -0.923. The van der Waals surface area contributed by atoms with E-state index in [1.54, 1.807) is 26.0 Å². The number of aryl methyl sites for hydroxylation is 2. The first kappa shape index (κ1) is 14.2. The first-order valence-corrected chi connectivity index (χ1v) is 6.59. The van der Waals surface area contributed by atoms with E-state index in [1.807, 2.05) is 0 Å². The van der Waals surface area contributed by atoms with E-state index in [4.69, 9.17) is 0 Å². The van der Waals surface area contributed by atoms with Crippen LogP contribution in [0.25, 0.3) is 0 Å². The summed E-state index contributed by atoms with van der Waals surface area (Å²) < 4.78 is 27.1. The minimum Gasteiger partial charge on any atom is -0.384 e. The number of hydrogen-bond acceptors (Lipinski definition) is 1. The quantitative estimate of drug-likeness (QED) is 0.865. The van der Waals surface area contributed by atoms with E-state index in [0.29, 0.717) is 26.7 Å². The summed E-state index contributed by atoms with van der Waals surface area (Å²) in [7, 11) is 0. The van der Waals surface area contributed by atoms with Crippen molar-refractivity contribution in [2.75, 3.05) is 0 Å². The zero-order valence-corrected chi connectivity index (χ0v) is 12.1. The van der Waals surface area contributed by atoms with Crippen LogP contribution in [-0.4, -0.2) is 5.11 Å². The van der Waals surface area contributed by atoms with Crippen LogP contribution in [-0.2, 0) is 0 Å². The molecule has 4 heteroatoms. The molecule has 0 fully saturated rings. The average Bonchev–Trinajstić information content (AvgIpc) is 2.34. The van der Waals surface area contributed by atoms with Crippen molar-refractivity contribution in [3.05, 3.63) is 68.7 Å². The highest BCUT2D eigenvalue weighted by molar-refractivity contribution is 9.10. The molecule has 0 saturated heterocycles. The molecule has 0 aliphatic heterocycles. The number of rotatable bonds is 2. The zero-order chi connectivity index (χ0) is 14.2. The molecule has 0 aliphatic carbocycles. The molecule has 1 nitrogen and oxygen atoms in total. The Morgan fingerprint density at radius 1 is 1.05 bits per heavy atom.